The van der Waals surface area contributed by atoms with Crippen LogP contribution in [0.3, 0.4) is 0 Å². The Hall–Kier alpha value is -1.11. The Morgan fingerprint density at radius 3 is 2.40 bits per heavy atom. The molecule has 5 nitrogen and oxygen atoms in total. The topological polar surface area (TPSA) is 70.2 Å². The summed E-state index contributed by atoms with van der Waals surface area (Å²) >= 11 is 0. The maximum Gasteiger partial charge on any atom is 0.299 e. The van der Waals surface area contributed by atoms with E-state index in [2.05, 4.69) is 14.8 Å². The first-order chi connectivity index (χ1) is 9.44. The van der Waals surface area contributed by atoms with E-state index >= 15 is 0 Å². The van der Waals surface area contributed by atoms with Crippen molar-refractivity contribution in [2.75, 3.05) is 11.3 Å². The normalized spacial score (nSPS) is 15.6. The average Bonchev–Trinajstić information content (AvgIpc) is 3.19. The minimum absolute atomic E-state index is 0.280. The summed E-state index contributed by atoms with van der Waals surface area (Å²) in [5.74, 6) is 0.280. The molecule has 20 heavy (non-hydrogen) atoms. The first-order valence-electron chi connectivity index (χ1n) is 7.04. The van der Waals surface area contributed by atoms with Gasteiger partial charge in [-0.25, -0.2) is 0 Å². The van der Waals surface area contributed by atoms with E-state index in [1.165, 1.54) is 12.8 Å². The third-order valence-corrected chi connectivity index (χ3v) is 4.11. The van der Waals surface area contributed by atoms with Gasteiger partial charge < -0.3 is 5.32 Å². The van der Waals surface area contributed by atoms with Gasteiger partial charge in [-0.05, 0) is 36.5 Å². The highest BCUT2D eigenvalue weighted by atomic mass is 32.2. The van der Waals surface area contributed by atoms with Gasteiger partial charge in [0, 0.05) is 24.8 Å². The van der Waals surface area contributed by atoms with Crippen molar-refractivity contribution in [3.05, 3.63) is 29.8 Å². The van der Waals surface area contributed by atoms with Crippen molar-refractivity contribution >= 4 is 15.9 Å². The van der Waals surface area contributed by atoms with Gasteiger partial charge in [0.15, 0.2) is 0 Å². The van der Waals surface area contributed by atoms with Gasteiger partial charge in [0.2, 0.25) is 0 Å². The average molecular weight is 297 g/mol. The van der Waals surface area contributed by atoms with Crippen LogP contribution in [-0.4, -0.2) is 21.0 Å². The molecule has 1 fully saturated rings. The quantitative estimate of drug-likeness (QED) is 0.686. The highest BCUT2D eigenvalue weighted by Crippen LogP contribution is 2.19. The fourth-order valence-electron chi connectivity index (χ4n) is 1.71. The van der Waals surface area contributed by atoms with Crippen LogP contribution in [0.4, 0.5) is 5.69 Å². The number of anilines is 1. The molecule has 1 saturated carbocycles. The maximum absolute atomic E-state index is 11.8. The van der Waals surface area contributed by atoms with E-state index in [0.29, 0.717) is 18.3 Å². The molecule has 1 aromatic rings. The van der Waals surface area contributed by atoms with Crippen molar-refractivity contribution in [1.29, 1.82) is 0 Å². The van der Waals surface area contributed by atoms with Crippen molar-refractivity contribution in [1.82, 2.24) is 10.0 Å². The van der Waals surface area contributed by atoms with Crippen LogP contribution in [0.15, 0.2) is 24.3 Å². The molecule has 0 spiro atoms. The molecule has 0 unspecified atom stereocenters. The molecule has 0 radical (unpaired) electrons. The van der Waals surface area contributed by atoms with Crippen molar-refractivity contribution in [2.45, 2.75) is 39.3 Å². The summed E-state index contributed by atoms with van der Waals surface area (Å²) in [6.07, 6.45) is 2.53. The minimum atomic E-state index is -3.47. The minimum Gasteiger partial charge on any atom is -0.310 e. The first-order valence-corrected chi connectivity index (χ1v) is 8.52. The lowest BCUT2D eigenvalue weighted by Gasteiger charge is -2.11. The largest absolute Gasteiger partial charge is 0.310 e. The van der Waals surface area contributed by atoms with Gasteiger partial charge in [0.25, 0.3) is 10.2 Å². The van der Waals surface area contributed by atoms with Crippen LogP contribution in [0.5, 0.6) is 0 Å². The van der Waals surface area contributed by atoms with Gasteiger partial charge in [0.05, 0.1) is 0 Å². The molecular formula is C14H23N3O2S. The van der Waals surface area contributed by atoms with Gasteiger partial charge in [-0.2, -0.15) is 13.1 Å². The zero-order chi connectivity index (χ0) is 14.6. The van der Waals surface area contributed by atoms with Gasteiger partial charge in [-0.3, -0.25) is 4.72 Å². The fourth-order valence-corrected chi connectivity index (χ4v) is 2.78. The van der Waals surface area contributed by atoms with Crippen LogP contribution >= 0.6 is 0 Å². The predicted molar refractivity (Wildman–Crippen MR) is 81.7 cm³/mol. The second kappa shape index (κ2) is 6.56. The van der Waals surface area contributed by atoms with E-state index in [-0.39, 0.29) is 5.92 Å². The van der Waals surface area contributed by atoms with Crippen LogP contribution in [-0.2, 0) is 16.8 Å². The molecule has 0 bridgehead atoms. The summed E-state index contributed by atoms with van der Waals surface area (Å²) in [5.41, 5.74) is 1.74. The Balaban J connectivity index is 1.85. The van der Waals surface area contributed by atoms with E-state index in [9.17, 15) is 8.42 Å². The van der Waals surface area contributed by atoms with Crippen LogP contribution < -0.4 is 14.8 Å². The van der Waals surface area contributed by atoms with E-state index in [1.807, 2.05) is 26.0 Å². The second-order valence-electron chi connectivity index (χ2n) is 5.70. The molecule has 1 aliphatic rings. The smallest absolute Gasteiger partial charge is 0.299 e. The third-order valence-electron chi connectivity index (χ3n) is 3.06. The predicted octanol–water partition coefficient (Wildman–Crippen LogP) is 1.84. The molecule has 112 valence electrons. The Morgan fingerprint density at radius 2 is 1.85 bits per heavy atom. The number of rotatable bonds is 8. The van der Waals surface area contributed by atoms with E-state index in [1.54, 1.807) is 12.1 Å². The molecule has 2 rings (SSSR count). The second-order valence-corrected chi connectivity index (χ2v) is 7.20. The van der Waals surface area contributed by atoms with Gasteiger partial charge in [-0.15, -0.1) is 0 Å². The summed E-state index contributed by atoms with van der Waals surface area (Å²) in [5, 5.41) is 3.42. The molecule has 0 aliphatic heterocycles. The Morgan fingerprint density at radius 1 is 1.20 bits per heavy atom. The molecule has 1 aromatic carbocycles. The summed E-state index contributed by atoms with van der Waals surface area (Å²) in [7, 11) is -3.47. The molecule has 0 atom stereocenters. The Kier molecular flexibility index (Phi) is 5.01. The lowest BCUT2D eigenvalue weighted by atomic mass is 10.2. The molecule has 6 heteroatoms. The molecule has 1 aliphatic carbocycles. The summed E-state index contributed by atoms with van der Waals surface area (Å²) in [4.78, 5) is 0. The first kappa shape index (κ1) is 15.3. The molecule has 0 heterocycles. The monoisotopic (exact) mass is 297 g/mol. The van der Waals surface area contributed by atoms with Crippen molar-refractivity contribution in [3.8, 4) is 0 Å². The fraction of sp³-hybridized carbons (Fsp3) is 0.571. The summed E-state index contributed by atoms with van der Waals surface area (Å²) in [6, 6.07) is 8.14. The third kappa shape index (κ3) is 5.48. The van der Waals surface area contributed by atoms with Crippen molar-refractivity contribution < 1.29 is 8.42 Å². The van der Waals surface area contributed by atoms with Crippen molar-refractivity contribution in [2.24, 2.45) is 5.92 Å². The van der Waals surface area contributed by atoms with Crippen LogP contribution in [0.2, 0.25) is 0 Å². The Bertz CT molecular complexity index is 522. The number of hydrogen-bond donors (Lipinski definition) is 3. The number of hydrogen-bond acceptors (Lipinski definition) is 3. The van der Waals surface area contributed by atoms with Gasteiger partial charge >= 0.3 is 0 Å². The highest BCUT2D eigenvalue weighted by molar-refractivity contribution is 7.90. The molecule has 0 amide bonds. The van der Waals surface area contributed by atoms with Gasteiger partial charge in [0.1, 0.15) is 0 Å². The maximum atomic E-state index is 11.8. The Labute approximate surface area is 121 Å². The van der Waals surface area contributed by atoms with Crippen LogP contribution in [0, 0.1) is 5.92 Å². The van der Waals surface area contributed by atoms with E-state index in [0.717, 1.165) is 12.1 Å². The molecule has 0 saturated heterocycles. The lowest BCUT2D eigenvalue weighted by Crippen LogP contribution is -2.32. The summed E-state index contributed by atoms with van der Waals surface area (Å²) in [6.45, 7) is 5.19. The zero-order valence-electron chi connectivity index (χ0n) is 12.0. The van der Waals surface area contributed by atoms with Crippen LogP contribution in [0.25, 0.3) is 0 Å². The van der Waals surface area contributed by atoms with Gasteiger partial charge in [-0.1, -0.05) is 26.0 Å². The van der Waals surface area contributed by atoms with Crippen LogP contribution in [0.1, 0.15) is 32.3 Å². The zero-order valence-corrected chi connectivity index (χ0v) is 12.8. The molecule has 3 N–H and O–H groups in total. The van der Waals surface area contributed by atoms with Crippen molar-refractivity contribution in [3.63, 3.8) is 0 Å². The molecule has 0 aromatic heterocycles. The number of nitrogens with one attached hydrogen (secondary N) is 3. The standard InChI is InChI=1S/C14H23N3O2S/c1-11(2)9-16-20(18,19)17-14-5-3-12(4-6-14)10-15-13-7-8-13/h3-6,11,13,15-17H,7-10H2,1-2H3. The van der Waals surface area contributed by atoms with E-state index in [4.69, 9.17) is 0 Å². The molecular weight excluding hydrogens is 274 g/mol. The summed E-state index contributed by atoms with van der Waals surface area (Å²) < 4.78 is 28.6. The number of benzene rings is 1. The SMILES string of the molecule is CC(C)CNS(=O)(=O)Nc1ccc(CNC2CC2)cc1. The van der Waals surface area contributed by atoms with E-state index < -0.39 is 10.2 Å². The highest BCUT2D eigenvalue weighted by Gasteiger charge is 2.19. The lowest BCUT2D eigenvalue weighted by molar-refractivity contribution is 0.565.